The number of carbonyl (C=O) groups is 3. The number of ether oxygens (including phenoxy) is 1. The molecule has 6 rings (SSSR count). The topological polar surface area (TPSA) is 101 Å². The molecule has 1 aliphatic carbocycles. The molecular formula is C26H28N4O4. The van der Waals surface area contributed by atoms with Gasteiger partial charge in [-0.25, -0.2) is 4.79 Å². The van der Waals surface area contributed by atoms with Crippen molar-refractivity contribution in [2.24, 2.45) is 0 Å². The second kappa shape index (κ2) is 7.63. The molecule has 0 bridgehead atoms. The van der Waals surface area contributed by atoms with E-state index < -0.39 is 11.0 Å². The van der Waals surface area contributed by atoms with Crippen molar-refractivity contribution in [3.05, 3.63) is 65.0 Å². The molecule has 8 heteroatoms. The molecule has 8 nitrogen and oxygen atoms in total. The maximum atomic E-state index is 13.7. The number of amides is 2. The SMILES string of the molecule is CC(=O)NC1CNCC1c1ccc(C2(C(=O)N3CCC4(C3)OC(=O)c3ccccc34)CC2)cn1. The predicted molar refractivity (Wildman–Crippen MR) is 123 cm³/mol. The Morgan fingerprint density at radius 2 is 1.97 bits per heavy atom. The van der Waals surface area contributed by atoms with Crippen molar-refractivity contribution in [1.29, 1.82) is 0 Å². The van der Waals surface area contributed by atoms with Crippen LogP contribution in [0.5, 0.6) is 0 Å². The van der Waals surface area contributed by atoms with Gasteiger partial charge >= 0.3 is 5.97 Å². The van der Waals surface area contributed by atoms with Gasteiger partial charge in [0.05, 0.1) is 23.6 Å². The van der Waals surface area contributed by atoms with Crippen LogP contribution in [-0.4, -0.2) is 59.9 Å². The predicted octanol–water partition coefficient (Wildman–Crippen LogP) is 1.60. The zero-order valence-electron chi connectivity index (χ0n) is 19.2. The van der Waals surface area contributed by atoms with Crippen molar-refractivity contribution in [2.75, 3.05) is 26.2 Å². The number of hydrogen-bond donors (Lipinski definition) is 2. The number of esters is 1. The lowest BCUT2D eigenvalue weighted by atomic mass is 9.91. The van der Waals surface area contributed by atoms with E-state index in [1.807, 2.05) is 41.4 Å². The van der Waals surface area contributed by atoms with Crippen LogP contribution in [0.15, 0.2) is 42.6 Å². The Balaban J connectivity index is 1.20. The first-order chi connectivity index (χ1) is 16.4. The Morgan fingerprint density at radius 1 is 1.15 bits per heavy atom. The molecule has 4 aliphatic rings. The monoisotopic (exact) mass is 460 g/mol. The Morgan fingerprint density at radius 3 is 2.71 bits per heavy atom. The van der Waals surface area contributed by atoms with Gasteiger partial charge in [0.25, 0.3) is 0 Å². The summed E-state index contributed by atoms with van der Waals surface area (Å²) < 4.78 is 5.83. The third-order valence-corrected chi connectivity index (χ3v) is 7.93. The Kier molecular flexibility index (Phi) is 4.78. The molecule has 2 N–H and O–H groups in total. The summed E-state index contributed by atoms with van der Waals surface area (Å²) in [5.41, 5.74) is 2.10. The van der Waals surface area contributed by atoms with Gasteiger partial charge in [0.1, 0.15) is 0 Å². The number of aromatic nitrogens is 1. The number of hydrogen-bond acceptors (Lipinski definition) is 6. The van der Waals surface area contributed by atoms with Crippen LogP contribution in [-0.2, 0) is 25.3 Å². The minimum absolute atomic E-state index is 0.0187. The van der Waals surface area contributed by atoms with E-state index in [1.54, 1.807) is 6.07 Å². The number of nitrogens with zero attached hydrogens (tertiary/aromatic N) is 2. The summed E-state index contributed by atoms with van der Waals surface area (Å²) in [4.78, 5) is 44.2. The van der Waals surface area contributed by atoms with Crippen molar-refractivity contribution < 1.29 is 19.1 Å². The van der Waals surface area contributed by atoms with Crippen LogP contribution in [0.4, 0.5) is 0 Å². The Labute approximate surface area is 198 Å². The molecule has 1 spiro atoms. The molecule has 3 fully saturated rings. The van der Waals surface area contributed by atoms with Crippen LogP contribution in [0.1, 0.15) is 59.3 Å². The zero-order valence-corrected chi connectivity index (χ0v) is 19.2. The molecule has 2 aromatic rings. The largest absolute Gasteiger partial charge is 0.449 e. The third-order valence-electron chi connectivity index (χ3n) is 7.93. The highest BCUT2D eigenvalue weighted by Crippen LogP contribution is 2.52. The van der Waals surface area contributed by atoms with Gasteiger partial charge in [-0.2, -0.15) is 0 Å². The number of likely N-dealkylation sites (tertiary alicyclic amines) is 1. The highest BCUT2D eigenvalue weighted by Gasteiger charge is 2.57. The highest BCUT2D eigenvalue weighted by atomic mass is 16.6. The van der Waals surface area contributed by atoms with Crippen molar-refractivity contribution in [3.8, 4) is 0 Å². The average molecular weight is 461 g/mol. The van der Waals surface area contributed by atoms with Gasteiger partial charge < -0.3 is 20.3 Å². The molecule has 34 heavy (non-hydrogen) atoms. The quantitative estimate of drug-likeness (QED) is 0.673. The molecule has 2 saturated heterocycles. The van der Waals surface area contributed by atoms with Crippen LogP contribution >= 0.6 is 0 Å². The van der Waals surface area contributed by atoms with E-state index in [-0.39, 0.29) is 29.7 Å². The summed E-state index contributed by atoms with van der Waals surface area (Å²) in [6, 6.07) is 11.5. The number of pyridine rings is 1. The first-order valence-electron chi connectivity index (χ1n) is 12.0. The summed E-state index contributed by atoms with van der Waals surface area (Å²) in [7, 11) is 0. The van der Waals surface area contributed by atoms with Gasteiger partial charge in [0, 0.05) is 56.4 Å². The summed E-state index contributed by atoms with van der Waals surface area (Å²) in [6.45, 7) is 3.98. The fourth-order valence-corrected chi connectivity index (χ4v) is 5.97. The lowest BCUT2D eigenvalue weighted by molar-refractivity contribution is -0.134. The lowest BCUT2D eigenvalue weighted by Crippen LogP contribution is -2.40. The van der Waals surface area contributed by atoms with E-state index in [9.17, 15) is 14.4 Å². The van der Waals surface area contributed by atoms with Gasteiger partial charge in [-0.15, -0.1) is 0 Å². The average Bonchev–Trinajstić information content (AvgIpc) is 3.20. The molecule has 176 valence electrons. The molecule has 0 radical (unpaired) electrons. The normalized spacial score (nSPS) is 28.6. The van der Waals surface area contributed by atoms with Crippen LogP contribution in [0, 0.1) is 0 Å². The highest BCUT2D eigenvalue weighted by molar-refractivity contribution is 5.96. The van der Waals surface area contributed by atoms with E-state index in [0.29, 0.717) is 25.1 Å². The van der Waals surface area contributed by atoms with Gasteiger partial charge in [-0.1, -0.05) is 24.3 Å². The maximum Gasteiger partial charge on any atom is 0.339 e. The molecule has 3 unspecified atom stereocenters. The molecule has 3 aliphatic heterocycles. The smallest absolute Gasteiger partial charge is 0.339 e. The standard InChI is InChI=1S/C26H28N4O4/c1-16(31)29-22-14-27-13-19(22)21-7-6-17(12-28-21)25(8-9-25)24(33)30-11-10-26(15-30)20-5-3-2-4-18(20)23(32)34-26/h2-7,12,19,22,27H,8-11,13-15H2,1H3,(H,29,31). The zero-order chi connectivity index (χ0) is 23.5. The summed E-state index contributed by atoms with van der Waals surface area (Å²) in [6.07, 6.45) is 4.05. The number of rotatable bonds is 4. The van der Waals surface area contributed by atoms with Gasteiger partial charge in [-0.3, -0.25) is 14.6 Å². The first kappa shape index (κ1) is 21.3. The summed E-state index contributed by atoms with van der Waals surface area (Å²) in [5, 5.41) is 6.32. The third kappa shape index (κ3) is 3.23. The van der Waals surface area contributed by atoms with Crippen molar-refractivity contribution in [1.82, 2.24) is 20.5 Å². The van der Waals surface area contributed by atoms with Crippen molar-refractivity contribution in [3.63, 3.8) is 0 Å². The van der Waals surface area contributed by atoms with E-state index >= 15 is 0 Å². The molecule has 4 heterocycles. The molecule has 1 saturated carbocycles. The minimum Gasteiger partial charge on any atom is -0.449 e. The Bertz CT molecular complexity index is 1180. The molecule has 2 amide bonds. The van der Waals surface area contributed by atoms with Gasteiger partial charge in [0.2, 0.25) is 11.8 Å². The van der Waals surface area contributed by atoms with Crippen LogP contribution < -0.4 is 10.6 Å². The van der Waals surface area contributed by atoms with Crippen molar-refractivity contribution in [2.45, 2.75) is 49.2 Å². The van der Waals surface area contributed by atoms with Gasteiger partial charge in [-0.05, 0) is 30.5 Å². The first-order valence-corrected chi connectivity index (χ1v) is 12.0. The Hall–Kier alpha value is -3.26. The van der Waals surface area contributed by atoms with E-state index in [2.05, 4.69) is 10.6 Å². The summed E-state index contributed by atoms with van der Waals surface area (Å²) >= 11 is 0. The fourth-order valence-electron chi connectivity index (χ4n) is 5.97. The van der Waals surface area contributed by atoms with E-state index in [1.165, 1.54) is 6.92 Å². The van der Waals surface area contributed by atoms with Gasteiger partial charge in [0.15, 0.2) is 5.60 Å². The number of benzene rings is 1. The van der Waals surface area contributed by atoms with E-state index in [0.717, 1.165) is 42.8 Å². The molecular weight excluding hydrogens is 432 g/mol. The minimum atomic E-state index is -0.726. The van der Waals surface area contributed by atoms with Crippen LogP contribution in [0.2, 0.25) is 0 Å². The molecule has 1 aromatic heterocycles. The van der Waals surface area contributed by atoms with Crippen LogP contribution in [0.25, 0.3) is 0 Å². The second-order valence-corrected chi connectivity index (χ2v) is 10.0. The maximum absolute atomic E-state index is 13.7. The van der Waals surface area contributed by atoms with E-state index in [4.69, 9.17) is 9.72 Å². The number of fused-ring (bicyclic) bond motifs is 2. The fraction of sp³-hybridized carbons (Fsp3) is 0.462. The molecule has 3 atom stereocenters. The number of carbonyl (C=O) groups excluding carboxylic acids is 3. The lowest BCUT2D eigenvalue weighted by Gasteiger charge is -2.27. The second-order valence-electron chi connectivity index (χ2n) is 10.0. The molecule has 1 aromatic carbocycles. The van der Waals surface area contributed by atoms with Crippen LogP contribution in [0.3, 0.4) is 0 Å². The van der Waals surface area contributed by atoms with Crippen molar-refractivity contribution >= 4 is 17.8 Å². The summed E-state index contributed by atoms with van der Waals surface area (Å²) in [5.74, 6) is -0.140. The number of nitrogens with one attached hydrogen (secondary N) is 2.